The van der Waals surface area contributed by atoms with Gasteiger partial charge >= 0.3 is 17.9 Å². The van der Waals surface area contributed by atoms with Gasteiger partial charge in [0, 0.05) is 35.8 Å². The zero-order valence-electron chi connectivity index (χ0n) is 20.3. The SMILES string of the molecule is C#CCOc1cccc(NC(=O)N2c3nc(-c4cccc(C5(C(F)(F)F)N=N5)c4)ccc3N3CC[C@@]2(O)C3)c1. The number of benzene rings is 2. The largest absolute Gasteiger partial charge is 0.481 e. The number of anilines is 3. The molecule has 2 bridgehead atoms. The van der Waals surface area contributed by atoms with Crippen molar-refractivity contribution < 1.29 is 27.8 Å². The second-order valence-electron chi connectivity index (χ2n) is 9.43. The van der Waals surface area contributed by atoms with E-state index in [-0.39, 0.29) is 31.0 Å². The maximum atomic E-state index is 13.6. The number of hydrogen-bond donors (Lipinski definition) is 2. The van der Waals surface area contributed by atoms with Crippen LogP contribution in [-0.4, -0.2) is 47.7 Å². The second-order valence-corrected chi connectivity index (χ2v) is 9.43. The molecule has 9 nitrogen and oxygen atoms in total. The number of fused-ring (bicyclic) bond motifs is 4. The van der Waals surface area contributed by atoms with Gasteiger partial charge in [0.05, 0.1) is 17.9 Å². The van der Waals surface area contributed by atoms with Gasteiger partial charge in [-0.2, -0.15) is 13.2 Å². The van der Waals surface area contributed by atoms with E-state index < -0.39 is 23.6 Å². The normalized spacial score (nSPS) is 20.3. The zero-order chi connectivity index (χ0) is 27.4. The summed E-state index contributed by atoms with van der Waals surface area (Å²) in [6, 6.07) is 15.2. The lowest BCUT2D eigenvalue weighted by molar-refractivity contribution is -0.166. The van der Waals surface area contributed by atoms with Crippen molar-refractivity contribution in [3.05, 3.63) is 66.2 Å². The molecule has 0 radical (unpaired) electrons. The van der Waals surface area contributed by atoms with Crippen LogP contribution in [0.5, 0.6) is 5.75 Å². The molecule has 0 unspecified atom stereocenters. The third-order valence-corrected chi connectivity index (χ3v) is 6.92. The van der Waals surface area contributed by atoms with E-state index in [1.807, 2.05) is 4.90 Å². The van der Waals surface area contributed by atoms with Crippen molar-refractivity contribution in [1.29, 1.82) is 0 Å². The van der Waals surface area contributed by atoms with Crippen molar-refractivity contribution in [2.45, 2.75) is 24.0 Å². The Morgan fingerprint density at radius 2 is 1.95 bits per heavy atom. The summed E-state index contributed by atoms with van der Waals surface area (Å²) in [5, 5.41) is 20.8. The number of hydrogen-bond acceptors (Lipinski definition) is 7. The van der Waals surface area contributed by atoms with E-state index in [0.717, 1.165) is 0 Å². The minimum absolute atomic E-state index is 0.0622. The zero-order valence-corrected chi connectivity index (χ0v) is 20.3. The van der Waals surface area contributed by atoms with Crippen LogP contribution in [0.4, 0.5) is 35.2 Å². The van der Waals surface area contributed by atoms with Gasteiger partial charge in [-0.15, -0.1) is 16.7 Å². The molecule has 1 atom stereocenters. The molecular formula is C27H21F3N6O3. The summed E-state index contributed by atoms with van der Waals surface area (Å²) in [6.45, 7) is 0.745. The van der Waals surface area contributed by atoms with Crippen LogP contribution in [0, 0.1) is 12.3 Å². The molecule has 3 aliphatic rings. The summed E-state index contributed by atoms with van der Waals surface area (Å²) in [6.07, 6.45) is 0.861. The lowest BCUT2D eigenvalue weighted by Crippen LogP contribution is -2.58. The first-order valence-electron chi connectivity index (χ1n) is 12.0. The summed E-state index contributed by atoms with van der Waals surface area (Å²) < 4.78 is 46.2. The predicted octanol–water partition coefficient (Wildman–Crippen LogP) is 4.89. The number of carbonyl (C=O) groups excluding carboxylic acids is 1. The molecule has 3 aromatic rings. The van der Waals surface area contributed by atoms with Gasteiger partial charge in [-0.25, -0.2) is 14.7 Å². The van der Waals surface area contributed by atoms with Crippen molar-refractivity contribution in [3.8, 4) is 29.4 Å². The van der Waals surface area contributed by atoms with E-state index in [2.05, 4.69) is 26.4 Å². The quantitative estimate of drug-likeness (QED) is 0.454. The van der Waals surface area contributed by atoms with Gasteiger partial charge < -0.3 is 20.1 Å². The van der Waals surface area contributed by atoms with Crippen LogP contribution in [0.2, 0.25) is 0 Å². The lowest BCUT2D eigenvalue weighted by Gasteiger charge is -2.41. The summed E-state index contributed by atoms with van der Waals surface area (Å²) >= 11 is 0. The molecule has 3 aliphatic heterocycles. The Labute approximate surface area is 220 Å². The molecule has 39 heavy (non-hydrogen) atoms. The molecule has 1 saturated heterocycles. The number of ether oxygens (including phenoxy) is 1. The van der Waals surface area contributed by atoms with Crippen molar-refractivity contribution in [3.63, 3.8) is 0 Å². The van der Waals surface area contributed by atoms with Gasteiger partial charge in [0.1, 0.15) is 12.4 Å². The molecule has 0 aliphatic carbocycles. The standard InChI is InChI=1S/C27H21F3N6O3/c1-2-13-39-20-8-4-7-19(15-20)31-24(37)36-23-22(35-12-11-25(36,38)16-35)10-9-21(32-23)17-5-3-6-18(14-17)26(33-34-26)27(28,29)30/h1,3-10,14-15,38H,11-13,16H2,(H,31,37)/t25-/m1/s1. The highest BCUT2D eigenvalue weighted by atomic mass is 19.4. The molecule has 12 heteroatoms. The molecule has 4 heterocycles. The van der Waals surface area contributed by atoms with Crippen molar-refractivity contribution in [2.75, 3.05) is 34.8 Å². The van der Waals surface area contributed by atoms with Gasteiger partial charge in [-0.1, -0.05) is 30.2 Å². The number of nitrogens with zero attached hydrogens (tertiary/aromatic N) is 5. The highest BCUT2D eigenvalue weighted by molar-refractivity contribution is 6.05. The maximum absolute atomic E-state index is 13.6. The monoisotopic (exact) mass is 534 g/mol. The number of aromatic nitrogens is 1. The van der Waals surface area contributed by atoms with Gasteiger partial charge in [0.2, 0.25) is 0 Å². The minimum atomic E-state index is -4.66. The Balaban J connectivity index is 1.35. The number of halogens is 3. The highest BCUT2D eigenvalue weighted by Gasteiger charge is 2.65. The Hall–Kier alpha value is -4.63. The van der Waals surface area contributed by atoms with Gasteiger partial charge in [0.15, 0.2) is 11.5 Å². The van der Waals surface area contributed by atoms with Gasteiger partial charge in [-0.05, 0) is 30.3 Å². The number of pyridine rings is 1. The summed E-state index contributed by atoms with van der Waals surface area (Å²) in [5.41, 5.74) is -2.49. The molecule has 2 N–H and O–H groups in total. The molecular weight excluding hydrogens is 513 g/mol. The Morgan fingerprint density at radius 3 is 2.69 bits per heavy atom. The predicted molar refractivity (Wildman–Crippen MR) is 136 cm³/mol. The van der Waals surface area contributed by atoms with Crippen molar-refractivity contribution in [2.24, 2.45) is 10.2 Å². The molecule has 0 spiro atoms. The number of amides is 2. The highest BCUT2D eigenvalue weighted by Crippen LogP contribution is 2.53. The third kappa shape index (κ3) is 4.11. The fraction of sp³-hybridized carbons (Fsp3) is 0.259. The van der Waals surface area contributed by atoms with Crippen LogP contribution in [0.15, 0.2) is 70.9 Å². The van der Waals surface area contributed by atoms with E-state index in [1.54, 1.807) is 42.5 Å². The van der Waals surface area contributed by atoms with Crippen LogP contribution in [0.3, 0.4) is 0 Å². The topological polar surface area (TPSA) is 103 Å². The van der Waals surface area contributed by atoms with Gasteiger partial charge in [-0.3, -0.25) is 0 Å². The average Bonchev–Trinajstić information content (AvgIpc) is 3.67. The Kier molecular flexibility index (Phi) is 5.51. The van der Waals surface area contributed by atoms with Crippen LogP contribution in [-0.2, 0) is 5.66 Å². The fourth-order valence-electron chi connectivity index (χ4n) is 4.97. The fourth-order valence-corrected chi connectivity index (χ4v) is 4.97. The molecule has 2 amide bonds. The summed E-state index contributed by atoms with van der Waals surface area (Å²) in [5.74, 6) is 3.02. The number of nitrogens with one attached hydrogen (secondary N) is 1. The number of terminal acetylenes is 1. The summed E-state index contributed by atoms with van der Waals surface area (Å²) in [7, 11) is 0. The van der Waals surface area contributed by atoms with Crippen LogP contribution < -0.4 is 19.9 Å². The molecule has 6 rings (SSSR count). The number of carbonyl (C=O) groups is 1. The van der Waals surface area contributed by atoms with E-state index in [9.17, 15) is 23.1 Å². The first-order chi connectivity index (χ1) is 18.6. The van der Waals surface area contributed by atoms with Crippen molar-refractivity contribution >= 4 is 23.2 Å². The van der Waals surface area contributed by atoms with E-state index in [1.165, 1.54) is 23.1 Å². The molecule has 2 aromatic carbocycles. The van der Waals surface area contributed by atoms with Crippen molar-refractivity contribution in [1.82, 2.24) is 4.98 Å². The number of rotatable bonds is 5. The second kappa shape index (κ2) is 8.71. The van der Waals surface area contributed by atoms with E-state index in [4.69, 9.17) is 11.2 Å². The van der Waals surface area contributed by atoms with Crippen LogP contribution >= 0.6 is 0 Å². The number of alkyl halides is 3. The van der Waals surface area contributed by atoms with Crippen LogP contribution in [0.1, 0.15) is 12.0 Å². The van der Waals surface area contributed by atoms with E-state index >= 15 is 0 Å². The van der Waals surface area contributed by atoms with Gasteiger partial charge in [0.25, 0.3) is 0 Å². The first kappa shape index (κ1) is 24.7. The van der Waals surface area contributed by atoms with E-state index in [0.29, 0.717) is 34.9 Å². The number of urea groups is 1. The third-order valence-electron chi connectivity index (χ3n) is 6.92. The minimum Gasteiger partial charge on any atom is -0.481 e. The first-order valence-corrected chi connectivity index (χ1v) is 12.0. The maximum Gasteiger partial charge on any atom is 0.442 e. The summed E-state index contributed by atoms with van der Waals surface area (Å²) in [4.78, 5) is 21.3. The smallest absolute Gasteiger partial charge is 0.442 e. The lowest BCUT2D eigenvalue weighted by atomic mass is 9.99. The molecule has 0 saturated carbocycles. The molecule has 1 fully saturated rings. The average molecular weight is 534 g/mol. The Bertz CT molecular complexity index is 1550. The number of aliphatic hydroxyl groups is 1. The van der Waals surface area contributed by atoms with Crippen LogP contribution in [0.25, 0.3) is 11.3 Å². The molecule has 198 valence electrons. The Morgan fingerprint density at radius 1 is 1.15 bits per heavy atom. The molecule has 1 aromatic heterocycles.